The molecule has 3 rings (SSSR count). The third-order valence-electron chi connectivity index (χ3n) is 3.17. The molecule has 84 valence electrons. The number of H-pyrrole nitrogens is 1. The number of aromatic nitrogens is 1. The van der Waals surface area contributed by atoms with Gasteiger partial charge in [-0.2, -0.15) is 0 Å². The summed E-state index contributed by atoms with van der Waals surface area (Å²) in [5.74, 6) is -0.0294. The summed E-state index contributed by atoms with van der Waals surface area (Å²) in [6, 6.07) is 3.92. The first-order valence-electron chi connectivity index (χ1n) is 5.70. The highest BCUT2D eigenvalue weighted by Crippen LogP contribution is 2.19. The SMILES string of the molecule is O=C(NC1CCCC1)c1cc2occc2[nH]1. The Balaban J connectivity index is 1.76. The Hall–Kier alpha value is -1.71. The topological polar surface area (TPSA) is 58.0 Å². The van der Waals surface area contributed by atoms with Crippen LogP contribution in [0.3, 0.4) is 0 Å². The number of hydrogen-bond donors (Lipinski definition) is 2. The van der Waals surface area contributed by atoms with Crippen LogP contribution in [-0.4, -0.2) is 16.9 Å². The number of rotatable bonds is 2. The van der Waals surface area contributed by atoms with Crippen molar-refractivity contribution in [1.82, 2.24) is 10.3 Å². The van der Waals surface area contributed by atoms with Crippen molar-refractivity contribution in [2.75, 3.05) is 0 Å². The van der Waals surface area contributed by atoms with Gasteiger partial charge in [0, 0.05) is 18.2 Å². The van der Waals surface area contributed by atoms with Crippen LogP contribution in [0.4, 0.5) is 0 Å². The predicted octanol–water partition coefficient (Wildman–Crippen LogP) is 2.43. The van der Waals surface area contributed by atoms with Crippen molar-refractivity contribution in [1.29, 1.82) is 0 Å². The van der Waals surface area contributed by atoms with Crippen molar-refractivity contribution in [2.24, 2.45) is 0 Å². The van der Waals surface area contributed by atoms with E-state index < -0.39 is 0 Å². The Labute approximate surface area is 93.0 Å². The van der Waals surface area contributed by atoms with Crippen molar-refractivity contribution >= 4 is 17.0 Å². The molecule has 2 N–H and O–H groups in total. The molecule has 1 amide bonds. The summed E-state index contributed by atoms with van der Waals surface area (Å²) < 4.78 is 5.21. The Morgan fingerprint density at radius 3 is 3.00 bits per heavy atom. The number of amides is 1. The molecule has 0 spiro atoms. The molecule has 0 aromatic carbocycles. The van der Waals surface area contributed by atoms with Crippen LogP contribution in [0.5, 0.6) is 0 Å². The number of hydrogen-bond acceptors (Lipinski definition) is 2. The fraction of sp³-hybridized carbons (Fsp3) is 0.417. The Morgan fingerprint density at radius 1 is 1.44 bits per heavy atom. The van der Waals surface area contributed by atoms with Crippen LogP contribution in [0.1, 0.15) is 36.2 Å². The van der Waals surface area contributed by atoms with Gasteiger partial charge < -0.3 is 14.7 Å². The van der Waals surface area contributed by atoms with E-state index in [-0.39, 0.29) is 5.91 Å². The summed E-state index contributed by atoms with van der Waals surface area (Å²) in [6.07, 6.45) is 6.25. The standard InChI is InChI=1S/C12H14N2O2/c15-12(13-8-3-1-2-4-8)10-7-11-9(14-10)5-6-16-11/h5-8,14H,1-4H2,(H,13,15). The molecule has 1 saturated carbocycles. The van der Waals surface area contributed by atoms with Gasteiger partial charge >= 0.3 is 0 Å². The molecule has 1 fully saturated rings. The molecule has 16 heavy (non-hydrogen) atoms. The van der Waals surface area contributed by atoms with E-state index >= 15 is 0 Å². The van der Waals surface area contributed by atoms with Gasteiger partial charge in [0.15, 0.2) is 5.58 Å². The van der Waals surface area contributed by atoms with E-state index in [0.29, 0.717) is 11.7 Å². The third-order valence-corrected chi connectivity index (χ3v) is 3.17. The fourth-order valence-electron chi connectivity index (χ4n) is 2.30. The van der Waals surface area contributed by atoms with Crippen molar-refractivity contribution < 1.29 is 9.21 Å². The molecule has 0 saturated heterocycles. The number of fused-ring (bicyclic) bond motifs is 1. The molecule has 2 aromatic rings. The van der Waals surface area contributed by atoms with Crippen LogP contribution in [0.25, 0.3) is 11.1 Å². The molecule has 0 atom stereocenters. The molecule has 1 aliphatic rings. The minimum Gasteiger partial charge on any atom is -0.463 e. The van der Waals surface area contributed by atoms with Crippen LogP contribution >= 0.6 is 0 Å². The average Bonchev–Trinajstić information content (AvgIpc) is 2.91. The number of carbonyl (C=O) groups excluding carboxylic acids is 1. The highest BCUT2D eigenvalue weighted by molar-refractivity contribution is 5.96. The zero-order valence-corrected chi connectivity index (χ0v) is 8.95. The number of carbonyl (C=O) groups is 1. The highest BCUT2D eigenvalue weighted by Gasteiger charge is 2.19. The maximum atomic E-state index is 11.9. The van der Waals surface area contributed by atoms with Crippen LogP contribution in [0.15, 0.2) is 22.8 Å². The van der Waals surface area contributed by atoms with Crippen LogP contribution in [0, 0.1) is 0 Å². The van der Waals surface area contributed by atoms with E-state index in [4.69, 9.17) is 4.42 Å². The number of aromatic amines is 1. The second-order valence-electron chi connectivity index (χ2n) is 4.34. The molecular weight excluding hydrogens is 204 g/mol. The average molecular weight is 218 g/mol. The monoisotopic (exact) mass is 218 g/mol. The summed E-state index contributed by atoms with van der Waals surface area (Å²) in [6.45, 7) is 0. The highest BCUT2D eigenvalue weighted by atomic mass is 16.3. The molecule has 0 radical (unpaired) electrons. The zero-order chi connectivity index (χ0) is 11.0. The Morgan fingerprint density at radius 2 is 2.25 bits per heavy atom. The smallest absolute Gasteiger partial charge is 0.268 e. The molecule has 0 bridgehead atoms. The first kappa shape index (κ1) is 9.51. The number of furan rings is 1. The van der Waals surface area contributed by atoms with E-state index in [1.807, 2.05) is 6.07 Å². The molecule has 4 nitrogen and oxygen atoms in total. The van der Waals surface area contributed by atoms with E-state index in [0.717, 1.165) is 23.9 Å². The maximum Gasteiger partial charge on any atom is 0.268 e. The lowest BCUT2D eigenvalue weighted by molar-refractivity contribution is 0.0933. The van der Waals surface area contributed by atoms with Gasteiger partial charge in [-0.15, -0.1) is 0 Å². The molecule has 2 heterocycles. The zero-order valence-electron chi connectivity index (χ0n) is 8.95. The van der Waals surface area contributed by atoms with Gasteiger partial charge in [-0.1, -0.05) is 12.8 Å². The summed E-state index contributed by atoms with van der Waals surface area (Å²) in [7, 11) is 0. The van der Waals surface area contributed by atoms with Crippen molar-refractivity contribution in [3.8, 4) is 0 Å². The molecule has 0 unspecified atom stereocenters. The lowest BCUT2D eigenvalue weighted by Gasteiger charge is -2.10. The molecular formula is C12H14N2O2. The first-order chi connectivity index (χ1) is 7.83. The third kappa shape index (κ3) is 1.60. The van der Waals surface area contributed by atoms with Gasteiger partial charge in [-0.05, 0) is 12.8 Å². The second-order valence-corrected chi connectivity index (χ2v) is 4.34. The van der Waals surface area contributed by atoms with Gasteiger partial charge in [-0.25, -0.2) is 0 Å². The first-order valence-corrected chi connectivity index (χ1v) is 5.70. The molecule has 2 aromatic heterocycles. The largest absolute Gasteiger partial charge is 0.463 e. The second kappa shape index (κ2) is 3.70. The molecule has 4 heteroatoms. The van der Waals surface area contributed by atoms with Gasteiger partial charge in [0.1, 0.15) is 5.69 Å². The summed E-state index contributed by atoms with van der Waals surface area (Å²) >= 11 is 0. The lowest BCUT2D eigenvalue weighted by Crippen LogP contribution is -2.32. The quantitative estimate of drug-likeness (QED) is 0.813. The van der Waals surface area contributed by atoms with E-state index in [1.54, 1.807) is 12.3 Å². The van der Waals surface area contributed by atoms with Crippen molar-refractivity contribution in [2.45, 2.75) is 31.7 Å². The van der Waals surface area contributed by atoms with E-state index in [1.165, 1.54) is 12.8 Å². The minimum atomic E-state index is -0.0294. The van der Waals surface area contributed by atoms with Crippen LogP contribution in [0.2, 0.25) is 0 Å². The predicted molar refractivity (Wildman–Crippen MR) is 60.3 cm³/mol. The van der Waals surface area contributed by atoms with E-state index in [9.17, 15) is 4.79 Å². The fourth-order valence-corrected chi connectivity index (χ4v) is 2.30. The lowest BCUT2D eigenvalue weighted by atomic mass is 10.2. The van der Waals surface area contributed by atoms with Gasteiger partial charge in [0.2, 0.25) is 0 Å². The normalized spacial score (nSPS) is 17.0. The van der Waals surface area contributed by atoms with Crippen LogP contribution in [-0.2, 0) is 0 Å². The van der Waals surface area contributed by atoms with E-state index in [2.05, 4.69) is 10.3 Å². The van der Waals surface area contributed by atoms with Crippen molar-refractivity contribution in [3.63, 3.8) is 0 Å². The maximum absolute atomic E-state index is 11.9. The minimum absolute atomic E-state index is 0.0294. The molecule has 1 aliphatic carbocycles. The van der Waals surface area contributed by atoms with Gasteiger partial charge in [0.25, 0.3) is 5.91 Å². The van der Waals surface area contributed by atoms with Crippen LogP contribution < -0.4 is 5.32 Å². The van der Waals surface area contributed by atoms with Gasteiger partial charge in [0.05, 0.1) is 11.8 Å². The van der Waals surface area contributed by atoms with Crippen molar-refractivity contribution in [3.05, 3.63) is 24.1 Å². The van der Waals surface area contributed by atoms with Gasteiger partial charge in [-0.3, -0.25) is 4.79 Å². The Bertz CT molecular complexity index is 477. The summed E-state index contributed by atoms with van der Waals surface area (Å²) in [5.41, 5.74) is 2.19. The summed E-state index contributed by atoms with van der Waals surface area (Å²) in [4.78, 5) is 14.9. The summed E-state index contributed by atoms with van der Waals surface area (Å²) in [5, 5.41) is 3.03. The molecule has 0 aliphatic heterocycles. The Kier molecular flexibility index (Phi) is 2.20. The number of nitrogens with one attached hydrogen (secondary N) is 2.